The quantitative estimate of drug-likeness (QED) is 0.806. The van der Waals surface area contributed by atoms with Gasteiger partial charge in [-0.3, -0.25) is 4.79 Å². The van der Waals surface area contributed by atoms with Gasteiger partial charge in [-0.05, 0) is 75.8 Å². The van der Waals surface area contributed by atoms with Gasteiger partial charge in [0.2, 0.25) is 0 Å². The number of halogens is 1. The first kappa shape index (κ1) is 19.3. The molecule has 5 heteroatoms. The van der Waals surface area contributed by atoms with E-state index in [1.807, 2.05) is 37.3 Å². The molecule has 0 fully saturated rings. The molecule has 1 atom stereocenters. The van der Waals surface area contributed by atoms with E-state index in [1.54, 1.807) is 19.1 Å². The Hall–Kier alpha value is -2.04. The van der Waals surface area contributed by atoms with Crippen LogP contribution in [-0.4, -0.2) is 37.6 Å². The minimum absolute atomic E-state index is 0.185. The summed E-state index contributed by atoms with van der Waals surface area (Å²) in [5.74, 6) is 0.474. The van der Waals surface area contributed by atoms with Crippen molar-refractivity contribution < 1.29 is 9.53 Å². The first-order valence-electron chi connectivity index (χ1n) is 8.32. The number of aryl methyl sites for hydroxylation is 1. The Balaban J connectivity index is 1.92. The van der Waals surface area contributed by atoms with Gasteiger partial charge in [0.05, 0.1) is 0 Å². The van der Waals surface area contributed by atoms with Gasteiger partial charge >= 0.3 is 0 Å². The number of rotatable bonds is 7. The van der Waals surface area contributed by atoms with Crippen molar-refractivity contribution in [3.8, 4) is 5.75 Å². The van der Waals surface area contributed by atoms with E-state index < -0.39 is 6.10 Å². The van der Waals surface area contributed by atoms with Crippen molar-refractivity contribution in [2.24, 2.45) is 0 Å². The Morgan fingerprint density at radius 2 is 1.88 bits per heavy atom. The molecule has 2 rings (SSSR count). The van der Waals surface area contributed by atoms with Crippen molar-refractivity contribution in [2.45, 2.75) is 26.4 Å². The Morgan fingerprint density at radius 3 is 2.48 bits per heavy atom. The fourth-order valence-electron chi connectivity index (χ4n) is 2.34. The Morgan fingerprint density at radius 1 is 1.20 bits per heavy atom. The van der Waals surface area contributed by atoms with Crippen LogP contribution in [0, 0.1) is 6.92 Å². The molecule has 0 aliphatic rings. The second kappa shape index (κ2) is 8.88. The van der Waals surface area contributed by atoms with Crippen molar-refractivity contribution in [2.75, 3.05) is 26.0 Å². The number of nitrogens with zero attached hydrogens (tertiary/aromatic N) is 1. The summed E-state index contributed by atoms with van der Waals surface area (Å²) in [5.41, 5.74) is 2.91. The minimum atomic E-state index is -0.603. The highest BCUT2D eigenvalue weighted by Gasteiger charge is 2.16. The highest BCUT2D eigenvalue weighted by molar-refractivity contribution is 6.30. The third-order valence-corrected chi connectivity index (χ3v) is 4.11. The van der Waals surface area contributed by atoms with Gasteiger partial charge in [-0.1, -0.05) is 23.7 Å². The zero-order valence-corrected chi connectivity index (χ0v) is 15.9. The highest BCUT2D eigenvalue weighted by Crippen LogP contribution is 2.23. The van der Waals surface area contributed by atoms with Gasteiger partial charge < -0.3 is 15.0 Å². The van der Waals surface area contributed by atoms with Gasteiger partial charge in [0.15, 0.2) is 6.10 Å². The van der Waals surface area contributed by atoms with Gasteiger partial charge in [0.25, 0.3) is 5.91 Å². The van der Waals surface area contributed by atoms with E-state index in [0.29, 0.717) is 10.8 Å². The minimum Gasteiger partial charge on any atom is -0.481 e. The fourth-order valence-corrected chi connectivity index (χ4v) is 2.57. The zero-order valence-electron chi connectivity index (χ0n) is 15.2. The molecular formula is C20H25ClN2O2. The first-order chi connectivity index (χ1) is 11.8. The lowest BCUT2D eigenvalue weighted by Crippen LogP contribution is -2.30. The van der Waals surface area contributed by atoms with Gasteiger partial charge in [0.1, 0.15) is 5.75 Å². The molecule has 0 bridgehead atoms. The molecule has 25 heavy (non-hydrogen) atoms. The SMILES string of the molecule is Cc1cc(Cl)ccc1OC(C)C(=O)Nc1ccc(CCN(C)C)cc1. The maximum Gasteiger partial charge on any atom is 0.265 e. The summed E-state index contributed by atoms with van der Waals surface area (Å²) in [6.45, 7) is 4.63. The molecule has 0 radical (unpaired) electrons. The molecule has 0 saturated heterocycles. The van der Waals surface area contributed by atoms with Crippen LogP contribution in [0.15, 0.2) is 42.5 Å². The van der Waals surface area contributed by atoms with Gasteiger partial charge in [0, 0.05) is 17.3 Å². The molecule has 4 nitrogen and oxygen atoms in total. The van der Waals surface area contributed by atoms with E-state index in [-0.39, 0.29) is 5.91 Å². The van der Waals surface area contributed by atoms with Gasteiger partial charge in [-0.2, -0.15) is 0 Å². The monoisotopic (exact) mass is 360 g/mol. The van der Waals surface area contributed by atoms with Crippen LogP contribution in [-0.2, 0) is 11.2 Å². The van der Waals surface area contributed by atoms with Crippen molar-refractivity contribution >= 4 is 23.2 Å². The molecule has 2 aromatic rings. The third-order valence-electron chi connectivity index (χ3n) is 3.88. The second-order valence-electron chi connectivity index (χ2n) is 6.41. The second-order valence-corrected chi connectivity index (χ2v) is 6.85. The van der Waals surface area contributed by atoms with Crippen LogP contribution < -0.4 is 10.1 Å². The number of carbonyl (C=O) groups is 1. The van der Waals surface area contributed by atoms with Crippen LogP contribution >= 0.6 is 11.6 Å². The molecule has 0 spiro atoms. The van der Waals surface area contributed by atoms with Crippen LogP contribution in [0.25, 0.3) is 0 Å². The number of benzene rings is 2. The van der Waals surface area contributed by atoms with Crippen LogP contribution in [0.1, 0.15) is 18.1 Å². The maximum atomic E-state index is 12.3. The Labute approximate surface area is 154 Å². The highest BCUT2D eigenvalue weighted by atomic mass is 35.5. The topological polar surface area (TPSA) is 41.6 Å². The fraction of sp³-hybridized carbons (Fsp3) is 0.350. The molecule has 1 unspecified atom stereocenters. The summed E-state index contributed by atoms with van der Waals surface area (Å²) in [5, 5.41) is 3.53. The standard InChI is InChI=1S/C20H25ClN2O2/c1-14-13-17(21)7-10-19(14)25-15(2)20(24)22-18-8-5-16(6-9-18)11-12-23(3)4/h5-10,13,15H,11-12H2,1-4H3,(H,22,24). The summed E-state index contributed by atoms with van der Waals surface area (Å²) >= 11 is 5.94. The molecule has 0 aliphatic heterocycles. The summed E-state index contributed by atoms with van der Waals surface area (Å²) in [7, 11) is 4.11. The van der Waals surface area contributed by atoms with Gasteiger partial charge in [-0.15, -0.1) is 0 Å². The lowest BCUT2D eigenvalue weighted by molar-refractivity contribution is -0.122. The zero-order chi connectivity index (χ0) is 18.4. The number of anilines is 1. The lowest BCUT2D eigenvalue weighted by atomic mass is 10.1. The molecule has 0 aliphatic carbocycles. The van der Waals surface area contributed by atoms with E-state index in [2.05, 4.69) is 24.3 Å². The molecule has 0 aromatic heterocycles. The average Bonchev–Trinajstić information content (AvgIpc) is 2.56. The molecule has 0 heterocycles. The molecule has 1 amide bonds. The number of nitrogens with one attached hydrogen (secondary N) is 1. The number of hydrogen-bond donors (Lipinski definition) is 1. The van der Waals surface area contributed by atoms with Crippen LogP contribution in [0.3, 0.4) is 0 Å². The lowest BCUT2D eigenvalue weighted by Gasteiger charge is -2.16. The van der Waals surface area contributed by atoms with E-state index >= 15 is 0 Å². The summed E-state index contributed by atoms with van der Waals surface area (Å²) in [6.07, 6.45) is 0.379. The number of hydrogen-bond acceptors (Lipinski definition) is 3. The first-order valence-corrected chi connectivity index (χ1v) is 8.70. The normalized spacial score (nSPS) is 12.1. The third kappa shape index (κ3) is 6.07. The number of ether oxygens (including phenoxy) is 1. The number of carbonyl (C=O) groups excluding carboxylic acids is 1. The van der Waals surface area contributed by atoms with Crippen molar-refractivity contribution in [1.29, 1.82) is 0 Å². The smallest absolute Gasteiger partial charge is 0.265 e. The van der Waals surface area contributed by atoms with Crippen LogP contribution in [0.5, 0.6) is 5.75 Å². The van der Waals surface area contributed by atoms with Crippen molar-refractivity contribution in [3.63, 3.8) is 0 Å². The van der Waals surface area contributed by atoms with Crippen molar-refractivity contribution in [1.82, 2.24) is 4.90 Å². The number of amides is 1. The van der Waals surface area contributed by atoms with E-state index in [4.69, 9.17) is 16.3 Å². The van der Waals surface area contributed by atoms with Gasteiger partial charge in [-0.25, -0.2) is 0 Å². The van der Waals surface area contributed by atoms with Crippen LogP contribution in [0.4, 0.5) is 5.69 Å². The van der Waals surface area contributed by atoms with Crippen molar-refractivity contribution in [3.05, 3.63) is 58.6 Å². The summed E-state index contributed by atoms with van der Waals surface area (Å²) in [6, 6.07) is 13.3. The molecular weight excluding hydrogens is 336 g/mol. The van der Waals surface area contributed by atoms with E-state index in [1.165, 1.54) is 5.56 Å². The molecule has 134 valence electrons. The Kier molecular flexibility index (Phi) is 6.85. The average molecular weight is 361 g/mol. The maximum absolute atomic E-state index is 12.3. The molecule has 0 saturated carbocycles. The van der Waals surface area contributed by atoms with Crippen LogP contribution in [0.2, 0.25) is 5.02 Å². The summed E-state index contributed by atoms with van der Waals surface area (Å²) < 4.78 is 5.75. The molecule has 1 N–H and O–H groups in total. The summed E-state index contributed by atoms with van der Waals surface area (Å²) in [4.78, 5) is 14.5. The Bertz CT molecular complexity index is 714. The van der Waals surface area contributed by atoms with E-state index in [0.717, 1.165) is 24.2 Å². The predicted molar refractivity (Wildman–Crippen MR) is 104 cm³/mol. The van der Waals surface area contributed by atoms with E-state index in [9.17, 15) is 4.79 Å². The number of likely N-dealkylation sites (N-methyl/N-ethyl adjacent to an activating group) is 1. The predicted octanol–water partition coefficient (Wildman–Crippen LogP) is 4.16. The largest absolute Gasteiger partial charge is 0.481 e. The molecule has 2 aromatic carbocycles.